The molecule has 0 bridgehead atoms. The molecule has 2 rings (SSSR count). The van der Waals surface area contributed by atoms with Crippen molar-refractivity contribution in [2.45, 2.75) is 59.5 Å². The number of ether oxygens (including phenoxy) is 1. The van der Waals surface area contributed by atoms with E-state index in [0.717, 1.165) is 56.8 Å². The second kappa shape index (κ2) is 12.3. The van der Waals surface area contributed by atoms with Gasteiger partial charge >= 0.3 is 0 Å². The Bertz CT molecular complexity index is 552. The van der Waals surface area contributed by atoms with E-state index in [1.807, 2.05) is 6.20 Å². The van der Waals surface area contributed by atoms with Crippen molar-refractivity contribution in [2.24, 2.45) is 10.9 Å². The molecular formula is C20H37N5OS. The number of hydrogen-bond donors (Lipinski definition) is 2. The molecule has 154 valence electrons. The molecule has 0 spiro atoms. The monoisotopic (exact) mass is 395 g/mol. The van der Waals surface area contributed by atoms with Crippen LogP contribution in [-0.4, -0.2) is 61.3 Å². The van der Waals surface area contributed by atoms with Gasteiger partial charge in [0.2, 0.25) is 0 Å². The standard InChI is InChI=1S/C20H37N5OS/c1-5-16(6-2)18(25-9-11-26-12-10-25)14-23-20(21-8-4)24-15-19-22-13-17(7-3)27-19/h13,16,18H,5-12,14-15H2,1-4H3,(H2,21,23,24). The summed E-state index contributed by atoms with van der Waals surface area (Å²) < 4.78 is 5.56. The molecule has 0 saturated carbocycles. The third kappa shape index (κ3) is 7.05. The van der Waals surface area contributed by atoms with Gasteiger partial charge in [-0.3, -0.25) is 4.90 Å². The number of aryl methyl sites for hydroxylation is 1. The minimum Gasteiger partial charge on any atom is -0.379 e. The van der Waals surface area contributed by atoms with Crippen LogP contribution in [0.5, 0.6) is 0 Å². The number of hydrogen-bond acceptors (Lipinski definition) is 5. The molecule has 1 aliphatic heterocycles. The summed E-state index contributed by atoms with van der Waals surface area (Å²) in [4.78, 5) is 13.1. The quantitative estimate of drug-likeness (QED) is 0.471. The molecule has 0 radical (unpaired) electrons. The van der Waals surface area contributed by atoms with Crippen molar-refractivity contribution in [2.75, 3.05) is 39.4 Å². The summed E-state index contributed by atoms with van der Waals surface area (Å²) in [5.41, 5.74) is 0. The van der Waals surface area contributed by atoms with Gasteiger partial charge in [0.25, 0.3) is 0 Å². The van der Waals surface area contributed by atoms with Crippen LogP contribution in [0.1, 0.15) is 50.4 Å². The van der Waals surface area contributed by atoms with Gasteiger partial charge in [-0.05, 0) is 19.3 Å². The summed E-state index contributed by atoms with van der Waals surface area (Å²) in [5, 5.41) is 8.05. The number of nitrogens with one attached hydrogen (secondary N) is 2. The van der Waals surface area contributed by atoms with E-state index in [4.69, 9.17) is 9.73 Å². The molecule has 2 N–H and O–H groups in total. The maximum atomic E-state index is 5.56. The zero-order valence-electron chi connectivity index (χ0n) is 17.5. The van der Waals surface area contributed by atoms with Gasteiger partial charge in [0, 0.05) is 43.3 Å². The van der Waals surface area contributed by atoms with E-state index in [2.05, 4.69) is 48.2 Å². The Labute approximate surface area is 168 Å². The van der Waals surface area contributed by atoms with Crippen LogP contribution < -0.4 is 10.6 Å². The zero-order valence-corrected chi connectivity index (χ0v) is 18.3. The molecule has 0 aliphatic carbocycles. The minimum atomic E-state index is 0.513. The fourth-order valence-electron chi connectivity index (χ4n) is 3.61. The molecule has 0 aromatic carbocycles. The lowest BCUT2D eigenvalue weighted by Crippen LogP contribution is -2.53. The van der Waals surface area contributed by atoms with E-state index < -0.39 is 0 Å². The van der Waals surface area contributed by atoms with Crippen molar-refractivity contribution in [3.05, 3.63) is 16.1 Å². The average Bonchev–Trinajstić information content (AvgIpc) is 3.18. The highest BCUT2D eigenvalue weighted by atomic mass is 32.1. The van der Waals surface area contributed by atoms with Crippen LogP contribution in [0.3, 0.4) is 0 Å². The van der Waals surface area contributed by atoms with Crippen molar-refractivity contribution in [3.8, 4) is 0 Å². The molecule has 1 saturated heterocycles. The Kier molecular flexibility index (Phi) is 10.1. The maximum absolute atomic E-state index is 5.56. The lowest BCUT2D eigenvalue weighted by atomic mass is 9.92. The number of rotatable bonds is 10. The average molecular weight is 396 g/mol. The summed E-state index contributed by atoms with van der Waals surface area (Å²) in [6.45, 7) is 15.0. The molecule has 7 heteroatoms. The molecule has 1 aliphatic rings. The fraction of sp³-hybridized carbons (Fsp3) is 0.800. The van der Waals surface area contributed by atoms with Gasteiger partial charge in [-0.15, -0.1) is 11.3 Å². The van der Waals surface area contributed by atoms with Crippen molar-refractivity contribution in [1.82, 2.24) is 20.5 Å². The molecule has 1 unspecified atom stereocenters. The topological polar surface area (TPSA) is 61.8 Å². The van der Waals surface area contributed by atoms with Gasteiger partial charge in [-0.2, -0.15) is 0 Å². The first-order chi connectivity index (χ1) is 13.2. The SMILES string of the molecule is CCNC(=NCc1ncc(CC)s1)NCC(C(CC)CC)N1CCOCC1. The van der Waals surface area contributed by atoms with Gasteiger partial charge in [-0.1, -0.05) is 33.6 Å². The first kappa shape index (κ1) is 22.1. The van der Waals surface area contributed by atoms with E-state index in [-0.39, 0.29) is 0 Å². The Morgan fingerprint density at radius 1 is 1.22 bits per heavy atom. The zero-order chi connectivity index (χ0) is 19.5. The van der Waals surface area contributed by atoms with E-state index in [1.165, 1.54) is 17.7 Å². The highest BCUT2D eigenvalue weighted by molar-refractivity contribution is 7.11. The van der Waals surface area contributed by atoms with Gasteiger partial charge in [-0.25, -0.2) is 9.98 Å². The summed E-state index contributed by atoms with van der Waals surface area (Å²) in [7, 11) is 0. The number of aliphatic imine (C=N–C) groups is 1. The van der Waals surface area contributed by atoms with Crippen LogP contribution in [0.25, 0.3) is 0 Å². The second-order valence-electron chi connectivity index (χ2n) is 6.94. The predicted molar refractivity (Wildman–Crippen MR) is 115 cm³/mol. The van der Waals surface area contributed by atoms with E-state index in [9.17, 15) is 0 Å². The molecule has 1 aromatic heterocycles. The summed E-state index contributed by atoms with van der Waals surface area (Å²) in [6.07, 6.45) is 5.41. The number of nitrogens with zero attached hydrogens (tertiary/aromatic N) is 3. The second-order valence-corrected chi connectivity index (χ2v) is 8.14. The predicted octanol–water partition coefficient (Wildman–Crippen LogP) is 2.90. The number of morpholine rings is 1. The fourth-order valence-corrected chi connectivity index (χ4v) is 4.40. The van der Waals surface area contributed by atoms with Crippen LogP contribution in [0, 0.1) is 5.92 Å². The van der Waals surface area contributed by atoms with Crippen molar-refractivity contribution >= 4 is 17.3 Å². The number of guanidine groups is 1. The lowest BCUT2D eigenvalue weighted by molar-refractivity contribution is 0.00272. The van der Waals surface area contributed by atoms with Crippen molar-refractivity contribution in [3.63, 3.8) is 0 Å². The molecular weight excluding hydrogens is 358 g/mol. The molecule has 1 fully saturated rings. The van der Waals surface area contributed by atoms with E-state index in [1.54, 1.807) is 11.3 Å². The lowest BCUT2D eigenvalue weighted by Gasteiger charge is -2.39. The van der Waals surface area contributed by atoms with Crippen molar-refractivity contribution < 1.29 is 4.74 Å². The molecule has 0 amide bonds. The Balaban J connectivity index is 1.99. The Hall–Kier alpha value is -1.18. The minimum absolute atomic E-state index is 0.513. The van der Waals surface area contributed by atoms with Gasteiger partial charge in [0.1, 0.15) is 5.01 Å². The van der Waals surface area contributed by atoms with Crippen LogP contribution in [0.2, 0.25) is 0 Å². The van der Waals surface area contributed by atoms with Gasteiger partial charge < -0.3 is 15.4 Å². The van der Waals surface area contributed by atoms with Crippen LogP contribution in [0.15, 0.2) is 11.2 Å². The van der Waals surface area contributed by atoms with Crippen LogP contribution in [-0.2, 0) is 17.7 Å². The van der Waals surface area contributed by atoms with Crippen molar-refractivity contribution in [1.29, 1.82) is 0 Å². The third-order valence-electron chi connectivity index (χ3n) is 5.25. The third-order valence-corrected chi connectivity index (χ3v) is 6.38. The normalized spacial score (nSPS) is 17.3. The summed E-state index contributed by atoms with van der Waals surface area (Å²) >= 11 is 1.76. The number of aromatic nitrogens is 1. The molecule has 2 heterocycles. The van der Waals surface area contributed by atoms with E-state index in [0.29, 0.717) is 18.5 Å². The highest BCUT2D eigenvalue weighted by Crippen LogP contribution is 2.19. The molecule has 6 nitrogen and oxygen atoms in total. The Morgan fingerprint density at radius 3 is 2.56 bits per heavy atom. The highest BCUT2D eigenvalue weighted by Gasteiger charge is 2.27. The molecule has 1 atom stereocenters. The summed E-state index contributed by atoms with van der Waals surface area (Å²) in [5.74, 6) is 1.57. The largest absolute Gasteiger partial charge is 0.379 e. The molecule has 27 heavy (non-hydrogen) atoms. The van der Waals surface area contributed by atoms with E-state index >= 15 is 0 Å². The number of thiazole rings is 1. The first-order valence-electron chi connectivity index (χ1n) is 10.5. The van der Waals surface area contributed by atoms with Crippen LogP contribution in [0.4, 0.5) is 0 Å². The summed E-state index contributed by atoms with van der Waals surface area (Å²) in [6, 6.07) is 0.513. The first-order valence-corrected chi connectivity index (χ1v) is 11.3. The molecule has 1 aromatic rings. The smallest absolute Gasteiger partial charge is 0.191 e. The maximum Gasteiger partial charge on any atom is 0.191 e. The van der Waals surface area contributed by atoms with Gasteiger partial charge in [0.05, 0.1) is 19.8 Å². The van der Waals surface area contributed by atoms with Crippen LogP contribution >= 0.6 is 11.3 Å². The van der Waals surface area contributed by atoms with Gasteiger partial charge in [0.15, 0.2) is 5.96 Å². The Morgan fingerprint density at radius 2 is 1.96 bits per heavy atom.